The highest BCUT2D eigenvalue weighted by molar-refractivity contribution is 7.92. The Bertz CT molecular complexity index is 965. The van der Waals surface area contributed by atoms with Crippen LogP contribution in [0.25, 0.3) is 0 Å². The summed E-state index contributed by atoms with van der Waals surface area (Å²) in [7, 11) is -0.739. The predicted octanol–water partition coefficient (Wildman–Crippen LogP) is 2.88. The van der Waals surface area contributed by atoms with Gasteiger partial charge in [-0.25, -0.2) is 12.8 Å². The number of sulfonamides is 1. The predicted molar refractivity (Wildman–Crippen MR) is 109 cm³/mol. The molecule has 158 valence electrons. The molecular weight excluding hydrogens is 399 g/mol. The van der Waals surface area contributed by atoms with Crippen LogP contribution in [0.1, 0.15) is 24.9 Å². The summed E-state index contributed by atoms with van der Waals surface area (Å²) in [5.74, 6) is -0.0170. The number of carbonyl (C=O) groups excluding carboxylic acids is 1. The molecule has 0 saturated heterocycles. The van der Waals surface area contributed by atoms with E-state index in [9.17, 15) is 17.6 Å². The largest absolute Gasteiger partial charge is 0.493 e. The molecule has 9 heteroatoms. The number of anilines is 1. The van der Waals surface area contributed by atoms with Crippen molar-refractivity contribution >= 4 is 21.6 Å². The Morgan fingerprint density at radius 3 is 2.38 bits per heavy atom. The number of benzene rings is 2. The lowest BCUT2D eigenvalue weighted by Crippen LogP contribution is -2.41. The van der Waals surface area contributed by atoms with Crippen molar-refractivity contribution in [2.45, 2.75) is 19.4 Å². The van der Waals surface area contributed by atoms with Gasteiger partial charge >= 0.3 is 0 Å². The average molecular weight is 424 g/mol. The van der Waals surface area contributed by atoms with Gasteiger partial charge in [0.15, 0.2) is 11.5 Å². The Hall–Kier alpha value is -2.81. The molecule has 0 aliphatic carbocycles. The second kappa shape index (κ2) is 9.60. The first kappa shape index (κ1) is 22.5. The first-order valence-corrected chi connectivity index (χ1v) is 10.8. The summed E-state index contributed by atoms with van der Waals surface area (Å²) in [4.78, 5) is 12.6. The molecule has 1 N–H and O–H groups in total. The fraction of sp³-hybridized carbons (Fsp3) is 0.350. The third-order valence-electron chi connectivity index (χ3n) is 4.34. The second-order valence-electron chi connectivity index (χ2n) is 6.39. The first-order chi connectivity index (χ1) is 13.7. The molecule has 0 bridgehead atoms. The van der Waals surface area contributed by atoms with Crippen LogP contribution in [0.3, 0.4) is 0 Å². The van der Waals surface area contributed by atoms with E-state index in [1.54, 1.807) is 18.2 Å². The van der Waals surface area contributed by atoms with E-state index in [0.29, 0.717) is 17.9 Å². The molecule has 2 aromatic rings. The molecule has 0 aliphatic rings. The van der Waals surface area contributed by atoms with Gasteiger partial charge in [-0.05, 0) is 42.3 Å². The van der Waals surface area contributed by atoms with Gasteiger partial charge in [0.2, 0.25) is 15.9 Å². The highest BCUT2D eigenvalue weighted by Crippen LogP contribution is 2.31. The molecule has 0 aliphatic heterocycles. The maximum Gasteiger partial charge on any atom is 0.241 e. The molecule has 1 amide bonds. The van der Waals surface area contributed by atoms with Gasteiger partial charge in [-0.1, -0.05) is 19.1 Å². The maximum atomic E-state index is 13.5. The summed E-state index contributed by atoms with van der Waals surface area (Å²) in [6.07, 6.45) is 1.54. The Morgan fingerprint density at radius 1 is 1.14 bits per heavy atom. The lowest BCUT2D eigenvalue weighted by atomic mass is 10.0. The maximum absolute atomic E-state index is 13.5. The summed E-state index contributed by atoms with van der Waals surface area (Å²) in [5.41, 5.74) is 0.872. The third kappa shape index (κ3) is 5.83. The Labute approximate surface area is 170 Å². The van der Waals surface area contributed by atoms with Crippen LogP contribution >= 0.6 is 0 Å². The lowest BCUT2D eigenvalue weighted by Gasteiger charge is -2.24. The van der Waals surface area contributed by atoms with Gasteiger partial charge in [0, 0.05) is 0 Å². The molecule has 0 aromatic heterocycles. The zero-order valence-electron chi connectivity index (χ0n) is 16.8. The van der Waals surface area contributed by atoms with Gasteiger partial charge in [0.1, 0.15) is 12.4 Å². The van der Waals surface area contributed by atoms with Crippen LogP contribution in [0.2, 0.25) is 0 Å². The minimum absolute atomic E-state index is 0.0850. The number of ether oxygens (including phenoxy) is 2. The molecule has 2 aromatic carbocycles. The topological polar surface area (TPSA) is 84.9 Å². The van der Waals surface area contributed by atoms with Crippen LogP contribution in [-0.2, 0) is 14.8 Å². The van der Waals surface area contributed by atoms with Crippen molar-refractivity contribution < 1.29 is 27.1 Å². The van der Waals surface area contributed by atoms with E-state index >= 15 is 0 Å². The number of amides is 1. The van der Waals surface area contributed by atoms with E-state index in [-0.39, 0.29) is 11.7 Å². The van der Waals surface area contributed by atoms with Crippen LogP contribution in [0, 0.1) is 5.82 Å². The number of halogens is 1. The van der Waals surface area contributed by atoms with Crippen LogP contribution in [0.5, 0.6) is 11.5 Å². The Kier molecular flexibility index (Phi) is 7.44. The van der Waals surface area contributed by atoms with E-state index in [1.165, 1.54) is 32.4 Å². The number of nitrogens with one attached hydrogen (secondary N) is 1. The van der Waals surface area contributed by atoms with Gasteiger partial charge < -0.3 is 14.8 Å². The summed E-state index contributed by atoms with van der Waals surface area (Å²) in [5, 5.41) is 2.82. The minimum atomic E-state index is -3.79. The van der Waals surface area contributed by atoms with Gasteiger partial charge in [-0.15, -0.1) is 0 Å². The molecule has 1 atom stereocenters. The highest BCUT2D eigenvalue weighted by atomic mass is 32.2. The standard InChI is InChI=1S/C20H25FN2O5S/c1-5-17(14-9-10-18(27-2)19(11-14)28-3)22-20(24)13-23(29(4,25)26)16-8-6-7-15(21)12-16/h6-12,17H,5,13H2,1-4H3,(H,22,24)/t17-/m0/s1. The number of carbonyl (C=O) groups is 1. The molecular formula is C20H25FN2O5S. The molecule has 0 unspecified atom stereocenters. The van der Waals surface area contributed by atoms with E-state index in [4.69, 9.17) is 9.47 Å². The molecule has 2 rings (SSSR count). The summed E-state index contributed by atoms with van der Waals surface area (Å²) in [6.45, 7) is 1.43. The highest BCUT2D eigenvalue weighted by Gasteiger charge is 2.23. The van der Waals surface area contributed by atoms with Crippen LogP contribution < -0.4 is 19.1 Å². The Balaban J connectivity index is 2.22. The summed E-state index contributed by atoms with van der Waals surface area (Å²) in [6, 6.07) is 10.0. The quantitative estimate of drug-likeness (QED) is 0.669. The van der Waals surface area contributed by atoms with Crippen molar-refractivity contribution in [2.24, 2.45) is 0 Å². The second-order valence-corrected chi connectivity index (χ2v) is 8.30. The zero-order valence-corrected chi connectivity index (χ0v) is 17.6. The van der Waals surface area contributed by atoms with Crippen LogP contribution in [0.4, 0.5) is 10.1 Å². The van der Waals surface area contributed by atoms with Crippen molar-refractivity contribution in [1.82, 2.24) is 5.32 Å². The minimum Gasteiger partial charge on any atom is -0.493 e. The number of nitrogens with zero attached hydrogens (tertiary/aromatic N) is 1. The fourth-order valence-electron chi connectivity index (χ4n) is 2.89. The number of hydrogen-bond donors (Lipinski definition) is 1. The van der Waals surface area contributed by atoms with Crippen molar-refractivity contribution in [1.29, 1.82) is 0 Å². The number of rotatable bonds is 9. The summed E-state index contributed by atoms with van der Waals surface area (Å²) < 4.78 is 49.2. The molecule has 0 saturated carbocycles. The SMILES string of the molecule is CC[C@H](NC(=O)CN(c1cccc(F)c1)S(C)(=O)=O)c1ccc(OC)c(OC)c1. The molecule has 0 spiro atoms. The molecule has 29 heavy (non-hydrogen) atoms. The van der Waals surface area contributed by atoms with Crippen molar-refractivity contribution in [2.75, 3.05) is 31.3 Å². The third-order valence-corrected chi connectivity index (χ3v) is 5.48. The molecule has 0 radical (unpaired) electrons. The van der Waals surface area contributed by atoms with Crippen LogP contribution in [0.15, 0.2) is 42.5 Å². The van der Waals surface area contributed by atoms with Gasteiger partial charge in [-0.2, -0.15) is 0 Å². The lowest BCUT2D eigenvalue weighted by molar-refractivity contribution is -0.120. The molecule has 0 heterocycles. The fourth-order valence-corrected chi connectivity index (χ4v) is 3.74. The van der Waals surface area contributed by atoms with E-state index < -0.39 is 28.3 Å². The summed E-state index contributed by atoms with van der Waals surface area (Å²) >= 11 is 0. The van der Waals surface area contributed by atoms with Gasteiger partial charge in [-0.3, -0.25) is 9.10 Å². The van der Waals surface area contributed by atoms with Crippen LogP contribution in [-0.4, -0.2) is 41.3 Å². The van der Waals surface area contributed by atoms with Crippen molar-refractivity contribution in [3.05, 3.63) is 53.8 Å². The molecule has 7 nitrogen and oxygen atoms in total. The van der Waals surface area contributed by atoms with E-state index in [2.05, 4.69) is 5.32 Å². The van der Waals surface area contributed by atoms with Crippen molar-refractivity contribution in [3.8, 4) is 11.5 Å². The van der Waals surface area contributed by atoms with Gasteiger partial charge in [0.05, 0.1) is 32.2 Å². The van der Waals surface area contributed by atoms with E-state index in [1.807, 2.05) is 6.92 Å². The average Bonchev–Trinajstić information content (AvgIpc) is 2.68. The van der Waals surface area contributed by atoms with Gasteiger partial charge in [0.25, 0.3) is 0 Å². The zero-order chi connectivity index (χ0) is 21.6. The smallest absolute Gasteiger partial charge is 0.241 e. The molecule has 0 fully saturated rings. The van der Waals surface area contributed by atoms with E-state index in [0.717, 1.165) is 22.2 Å². The first-order valence-electron chi connectivity index (χ1n) is 8.94. The normalized spacial score (nSPS) is 12.2. The number of methoxy groups -OCH3 is 2. The number of hydrogen-bond acceptors (Lipinski definition) is 5. The Morgan fingerprint density at radius 2 is 1.83 bits per heavy atom. The van der Waals surface area contributed by atoms with Crippen molar-refractivity contribution in [3.63, 3.8) is 0 Å². The monoisotopic (exact) mass is 424 g/mol.